The Morgan fingerprint density at radius 2 is 0.432 bits per heavy atom. The van der Waals surface area contributed by atoms with Crippen LogP contribution in [-0.4, -0.2) is 25.6 Å². The number of ether oxygens (including phenoxy) is 2. The van der Waals surface area contributed by atoms with Crippen LogP contribution in [0.2, 0.25) is 0 Å². The van der Waals surface area contributed by atoms with E-state index in [0.717, 1.165) is 101 Å². The fourth-order valence-electron chi connectivity index (χ4n) is 10.5. The molecule has 0 saturated heterocycles. The Labute approximate surface area is 437 Å². The lowest BCUT2D eigenvalue weighted by molar-refractivity contribution is 0.413. The molecule has 74 heavy (non-hydrogen) atoms. The summed E-state index contributed by atoms with van der Waals surface area (Å²) >= 11 is 0. The molecule has 4 nitrogen and oxygen atoms in total. The zero-order valence-electron chi connectivity index (χ0n) is 42.4. The highest BCUT2D eigenvalue weighted by molar-refractivity contribution is 6.41. The SMILES string of the molecule is COc1cc(C(c2ccccc2)c2ccccc2)c(N=C(C)C(C)=Nc2c(C(c3ccccc3)c3ccccc3)cc(OC)cc2C(c2ccccc2)c2ccccc2)c(C(c2ccccc2)c2ccccc2)c1. The Hall–Kier alpha value is -8.86. The minimum atomic E-state index is -0.183. The molecular formula is C70H60N2O2. The predicted molar refractivity (Wildman–Crippen MR) is 307 cm³/mol. The van der Waals surface area contributed by atoms with Crippen molar-refractivity contribution in [2.75, 3.05) is 14.2 Å². The second-order valence-electron chi connectivity index (χ2n) is 18.7. The van der Waals surface area contributed by atoms with E-state index in [1.807, 2.05) is 0 Å². The maximum Gasteiger partial charge on any atom is 0.119 e. The molecule has 0 radical (unpaired) electrons. The highest BCUT2D eigenvalue weighted by Crippen LogP contribution is 2.49. The molecule has 0 saturated carbocycles. The van der Waals surface area contributed by atoms with Gasteiger partial charge in [0.05, 0.1) is 37.0 Å². The van der Waals surface area contributed by atoms with Gasteiger partial charge in [0.15, 0.2) is 0 Å². The molecule has 0 aliphatic carbocycles. The molecule has 0 bridgehead atoms. The quantitative estimate of drug-likeness (QED) is 0.0674. The summed E-state index contributed by atoms with van der Waals surface area (Å²) in [6, 6.07) is 94.8. The smallest absolute Gasteiger partial charge is 0.119 e. The molecule has 0 heterocycles. The number of hydrogen-bond acceptors (Lipinski definition) is 4. The minimum Gasteiger partial charge on any atom is -0.497 e. The number of hydrogen-bond donors (Lipinski definition) is 0. The topological polar surface area (TPSA) is 43.2 Å². The van der Waals surface area contributed by atoms with E-state index in [1.165, 1.54) is 0 Å². The number of aliphatic imine (C=N–C) groups is 2. The fourth-order valence-corrected chi connectivity index (χ4v) is 10.5. The first kappa shape index (κ1) is 48.8. The lowest BCUT2D eigenvalue weighted by atomic mass is 9.78. The molecular weight excluding hydrogens is 901 g/mol. The summed E-state index contributed by atoms with van der Waals surface area (Å²) in [5.74, 6) is 0.793. The van der Waals surface area contributed by atoms with Crippen molar-refractivity contribution >= 4 is 22.8 Å². The lowest BCUT2D eigenvalue weighted by Crippen LogP contribution is -2.13. The van der Waals surface area contributed by atoms with Crippen molar-refractivity contribution < 1.29 is 9.47 Å². The van der Waals surface area contributed by atoms with Crippen LogP contribution in [0.1, 0.15) is 104 Å². The van der Waals surface area contributed by atoms with Crippen LogP contribution in [0, 0.1) is 0 Å². The van der Waals surface area contributed by atoms with E-state index in [4.69, 9.17) is 19.5 Å². The molecule has 0 fully saturated rings. The molecule has 0 N–H and O–H groups in total. The van der Waals surface area contributed by atoms with Crippen molar-refractivity contribution in [2.24, 2.45) is 9.98 Å². The van der Waals surface area contributed by atoms with E-state index >= 15 is 0 Å². The van der Waals surface area contributed by atoms with Gasteiger partial charge in [-0.3, -0.25) is 9.98 Å². The molecule has 0 aliphatic rings. The summed E-state index contributed by atoms with van der Waals surface area (Å²) in [6.45, 7) is 4.22. The van der Waals surface area contributed by atoms with E-state index in [2.05, 4.69) is 281 Å². The van der Waals surface area contributed by atoms with Gasteiger partial charge in [-0.15, -0.1) is 0 Å². The summed E-state index contributed by atoms with van der Waals surface area (Å²) in [5, 5.41) is 0. The predicted octanol–water partition coefficient (Wildman–Crippen LogP) is 17.3. The van der Waals surface area contributed by atoms with Gasteiger partial charge in [0, 0.05) is 23.7 Å². The fraction of sp³-hybridized carbons (Fsp3) is 0.114. The highest BCUT2D eigenvalue weighted by atomic mass is 16.5. The first-order chi connectivity index (χ1) is 36.5. The van der Waals surface area contributed by atoms with E-state index < -0.39 is 0 Å². The van der Waals surface area contributed by atoms with Crippen LogP contribution in [0.5, 0.6) is 11.5 Å². The lowest BCUT2D eigenvalue weighted by Gasteiger charge is -2.28. The van der Waals surface area contributed by atoms with Gasteiger partial charge in [0.2, 0.25) is 0 Å². The summed E-state index contributed by atoms with van der Waals surface area (Å²) in [4.78, 5) is 11.8. The zero-order chi connectivity index (χ0) is 50.6. The van der Waals surface area contributed by atoms with Crippen LogP contribution in [0.4, 0.5) is 11.4 Å². The number of nitrogens with zero attached hydrogens (tertiary/aromatic N) is 2. The van der Waals surface area contributed by atoms with Crippen molar-refractivity contribution in [3.63, 3.8) is 0 Å². The zero-order valence-corrected chi connectivity index (χ0v) is 42.4. The average molecular weight is 961 g/mol. The van der Waals surface area contributed by atoms with E-state index in [0.29, 0.717) is 0 Å². The Bertz CT molecular complexity index is 2860. The van der Waals surface area contributed by atoms with Crippen molar-refractivity contribution in [1.29, 1.82) is 0 Å². The van der Waals surface area contributed by atoms with Crippen LogP contribution in [-0.2, 0) is 0 Å². The monoisotopic (exact) mass is 960 g/mol. The molecule has 10 rings (SSSR count). The molecule has 4 heteroatoms. The van der Waals surface area contributed by atoms with Crippen LogP contribution in [0.15, 0.2) is 277 Å². The second kappa shape index (κ2) is 23.1. The van der Waals surface area contributed by atoms with Crippen LogP contribution in [0.3, 0.4) is 0 Å². The Balaban J connectivity index is 1.28. The third kappa shape index (κ3) is 10.7. The summed E-state index contributed by atoms with van der Waals surface area (Å²) < 4.78 is 12.6. The van der Waals surface area contributed by atoms with Crippen LogP contribution in [0.25, 0.3) is 0 Å². The first-order valence-corrected chi connectivity index (χ1v) is 25.4. The van der Waals surface area contributed by atoms with Gasteiger partial charge < -0.3 is 9.47 Å². The van der Waals surface area contributed by atoms with E-state index in [-0.39, 0.29) is 23.7 Å². The molecule has 0 aliphatic heterocycles. The number of benzene rings is 10. The third-order valence-electron chi connectivity index (χ3n) is 14.1. The molecule has 10 aromatic rings. The third-order valence-corrected chi connectivity index (χ3v) is 14.1. The van der Waals surface area contributed by atoms with Gasteiger partial charge in [-0.2, -0.15) is 0 Å². The Kier molecular flexibility index (Phi) is 15.2. The molecule has 0 unspecified atom stereocenters. The summed E-state index contributed by atoms with van der Waals surface area (Å²) in [7, 11) is 3.52. The maximum atomic E-state index is 6.28. The normalized spacial score (nSPS) is 11.9. The van der Waals surface area contributed by atoms with Gasteiger partial charge in [0.1, 0.15) is 11.5 Å². The van der Waals surface area contributed by atoms with Crippen molar-refractivity contribution in [1.82, 2.24) is 0 Å². The first-order valence-electron chi connectivity index (χ1n) is 25.4. The van der Waals surface area contributed by atoms with E-state index in [9.17, 15) is 0 Å². The van der Waals surface area contributed by atoms with Gasteiger partial charge in [-0.1, -0.05) is 243 Å². The van der Waals surface area contributed by atoms with Crippen molar-refractivity contribution in [2.45, 2.75) is 37.5 Å². The van der Waals surface area contributed by atoms with Crippen LogP contribution >= 0.6 is 0 Å². The molecule has 0 atom stereocenters. The molecule has 0 spiro atoms. The van der Waals surface area contributed by atoms with Crippen molar-refractivity contribution in [3.8, 4) is 11.5 Å². The van der Waals surface area contributed by atoms with Crippen molar-refractivity contribution in [3.05, 3.63) is 334 Å². The van der Waals surface area contributed by atoms with Gasteiger partial charge >= 0.3 is 0 Å². The molecule has 0 amide bonds. The Morgan fingerprint density at radius 3 is 0.581 bits per heavy atom. The summed E-state index contributed by atoms with van der Waals surface area (Å²) in [6.07, 6.45) is 0. The summed E-state index contributed by atoms with van der Waals surface area (Å²) in [5.41, 5.74) is 16.7. The number of rotatable bonds is 17. The minimum absolute atomic E-state index is 0.183. The van der Waals surface area contributed by atoms with Gasteiger partial charge in [-0.05, 0) is 105 Å². The molecule has 362 valence electrons. The van der Waals surface area contributed by atoms with Gasteiger partial charge in [0.25, 0.3) is 0 Å². The molecule has 0 aromatic heterocycles. The van der Waals surface area contributed by atoms with Crippen LogP contribution < -0.4 is 9.47 Å². The average Bonchev–Trinajstić information content (AvgIpc) is 3.47. The highest BCUT2D eigenvalue weighted by Gasteiger charge is 2.31. The standard InChI is InChI=1S/C70H60N2O2/c1-49(71-69-61(65(51-29-13-5-14-30-51)52-31-15-6-16-32-52)45-59(73-3)46-62(69)66(53-33-17-7-18-34-53)54-35-19-8-20-36-54)50(2)72-70-63(67(55-37-21-9-22-38-55)56-39-23-10-24-40-56)47-60(74-4)48-64(70)68(57-41-25-11-26-42-57)58-43-27-12-28-44-58/h5-48,65-68H,1-4H3. The largest absolute Gasteiger partial charge is 0.497 e. The second-order valence-corrected chi connectivity index (χ2v) is 18.7. The van der Waals surface area contributed by atoms with E-state index in [1.54, 1.807) is 14.2 Å². The Morgan fingerprint density at radius 1 is 0.270 bits per heavy atom. The van der Waals surface area contributed by atoms with Gasteiger partial charge in [-0.25, -0.2) is 0 Å². The maximum absolute atomic E-state index is 6.28. The number of methoxy groups -OCH3 is 2. The molecule has 10 aromatic carbocycles.